The molecule has 0 aliphatic rings. The fourth-order valence-corrected chi connectivity index (χ4v) is 9.18. The summed E-state index contributed by atoms with van der Waals surface area (Å²) in [7, 11) is 0. The Hall–Kier alpha value is -8.20. The van der Waals surface area contributed by atoms with Crippen LogP contribution in [0.15, 0.2) is 255 Å². The van der Waals surface area contributed by atoms with Crippen molar-refractivity contribution in [1.82, 2.24) is 4.57 Å². The lowest BCUT2D eigenvalue weighted by Crippen LogP contribution is -2.14. The van der Waals surface area contributed by atoms with Crippen molar-refractivity contribution in [2.75, 3.05) is 4.90 Å². The maximum atomic E-state index is 2.48. The molecule has 0 fully saturated rings. The van der Waals surface area contributed by atoms with Crippen LogP contribution in [0.25, 0.3) is 83.1 Å². The summed E-state index contributed by atoms with van der Waals surface area (Å²) in [4.78, 5) is 2.48. The number of anilines is 3. The van der Waals surface area contributed by atoms with E-state index in [1.807, 2.05) is 0 Å². The molecule has 1 heterocycles. The SMILES string of the molecule is c1ccc(-c2cccc(-c3ccc(N(c4ccccc4-n4c5ccccc5c5ccccc54)c4cccc(-c5ccccc5)c4-c4ccccc4-c4ccccc4)cc3)c2)cc1. The summed E-state index contributed by atoms with van der Waals surface area (Å²) >= 11 is 0. The number of para-hydroxylation sites is 4. The third kappa shape index (κ3) is 6.65. The topological polar surface area (TPSA) is 8.17 Å². The predicted molar refractivity (Wildman–Crippen MR) is 263 cm³/mol. The van der Waals surface area contributed by atoms with Crippen molar-refractivity contribution in [2.24, 2.45) is 0 Å². The predicted octanol–water partition coefficient (Wildman–Crippen LogP) is 16.6. The lowest BCUT2D eigenvalue weighted by atomic mass is 9.87. The molecule has 62 heavy (non-hydrogen) atoms. The monoisotopic (exact) mass is 790 g/mol. The summed E-state index contributed by atoms with van der Waals surface area (Å²) < 4.78 is 2.44. The summed E-state index contributed by atoms with van der Waals surface area (Å²) in [5.41, 5.74) is 18.4. The van der Waals surface area contributed by atoms with Crippen molar-refractivity contribution in [3.8, 4) is 61.3 Å². The van der Waals surface area contributed by atoms with Crippen LogP contribution in [-0.4, -0.2) is 4.57 Å². The van der Waals surface area contributed by atoms with Gasteiger partial charge >= 0.3 is 0 Å². The van der Waals surface area contributed by atoms with Gasteiger partial charge in [0.15, 0.2) is 0 Å². The highest BCUT2D eigenvalue weighted by atomic mass is 15.2. The average Bonchev–Trinajstić information content (AvgIpc) is 3.69. The molecular weight excluding hydrogens is 749 g/mol. The van der Waals surface area contributed by atoms with Gasteiger partial charge in [-0.1, -0.05) is 206 Å². The highest BCUT2D eigenvalue weighted by molar-refractivity contribution is 6.10. The molecule has 0 atom stereocenters. The Morgan fingerprint density at radius 1 is 0.274 bits per heavy atom. The van der Waals surface area contributed by atoms with Gasteiger partial charge in [0, 0.05) is 22.0 Å². The van der Waals surface area contributed by atoms with Crippen LogP contribution in [0.5, 0.6) is 0 Å². The first kappa shape index (κ1) is 36.8. The van der Waals surface area contributed by atoms with Crippen LogP contribution in [0, 0.1) is 0 Å². The largest absolute Gasteiger partial charge is 0.308 e. The molecule has 11 aromatic rings. The molecule has 0 saturated heterocycles. The van der Waals surface area contributed by atoms with Crippen LogP contribution in [0.2, 0.25) is 0 Å². The smallest absolute Gasteiger partial charge is 0.0702 e. The maximum absolute atomic E-state index is 2.48. The van der Waals surface area contributed by atoms with E-state index < -0.39 is 0 Å². The van der Waals surface area contributed by atoms with Gasteiger partial charge in [-0.15, -0.1) is 0 Å². The molecule has 0 N–H and O–H groups in total. The highest BCUT2D eigenvalue weighted by Gasteiger charge is 2.25. The van der Waals surface area contributed by atoms with Crippen molar-refractivity contribution < 1.29 is 0 Å². The number of benzene rings is 10. The van der Waals surface area contributed by atoms with E-state index >= 15 is 0 Å². The van der Waals surface area contributed by atoms with Crippen molar-refractivity contribution in [3.05, 3.63) is 255 Å². The van der Waals surface area contributed by atoms with E-state index in [9.17, 15) is 0 Å². The molecule has 2 nitrogen and oxygen atoms in total. The fraction of sp³-hybridized carbons (Fsp3) is 0. The second kappa shape index (κ2) is 16.1. The second-order valence-electron chi connectivity index (χ2n) is 15.7. The molecule has 0 unspecified atom stereocenters. The number of fused-ring (bicyclic) bond motifs is 3. The van der Waals surface area contributed by atoms with Gasteiger partial charge in [0.1, 0.15) is 0 Å². The van der Waals surface area contributed by atoms with Crippen LogP contribution in [0.4, 0.5) is 17.1 Å². The first-order chi connectivity index (χ1) is 30.8. The molecule has 10 aromatic carbocycles. The summed E-state index contributed by atoms with van der Waals surface area (Å²) in [6.45, 7) is 0. The van der Waals surface area contributed by atoms with Crippen molar-refractivity contribution in [2.45, 2.75) is 0 Å². The van der Waals surface area contributed by atoms with Gasteiger partial charge in [-0.2, -0.15) is 0 Å². The van der Waals surface area contributed by atoms with E-state index in [1.54, 1.807) is 0 Å². The van der Waals surface area contributed by atoms with Crippen LogP contribution in [0.3, 0.4) is 0 Å². The van der Waals surface area contributed by atoms with Gasteiger partial charge in [0.05, 0.1) is 28.1 Å². The molecule has 0 spiro atoms. The molecule has 1 aromatic heterocycles. The molecule has 0 amide bonds. The van der Waals surface area contributed by atoms with E-state index in [0.717, 1.165) is 39.4 Å². The molecule has 0 saturated carbocycles. The third-order valence-corrected chi connectivity index (χ3v) is 12.0. The Balaban J connectivity index is 1.18. The van der Waals surface area contributed by atoms with Crippen molar-refractivity contribution in [1.29, 1.82) is 0 Å². The zero-order valence-corrected chi connectivity index (χ0v) is 34.1. The van der Waals surface area contributed by atoms with E-state index in [-0.39, 0.29) is 0 Å². The Kier molecular flexibility index (Phi) is 9.57. The lowest BCUT2D eigenvalue weighted by molar-refractivity contribution is 1.15. The zero-order valence-electron chi connectivity index (χ0n) is 34.1. The van der Waals surface area contributed by atoms with Crippen molar-refractivity contribution >= 4 is 38.9 Å². The molecule has 0 aliphatic heterocycles. The standard InChI is InChI=1S/C60H42N2/c1-4-20-43(21-5-1)47-26-18-27-48(42-47)44-38-40-49(41-39-44)61(57-35-16-17-36-58(57)62-55-33-14-12-29-52(55)53-30-13-15-34-56(53)62)59-37-19-32-51(46-24-8-3-9-25-46)60(59)54-31-11-10-28-50(54)45-22-6-2-7-23-45/h1-42H. The summed E-state index contributed by atoms with van der Waals surface area (Å²) in [5.74, 6) is 0. The second-order valence-corrected chi connectivity index (χ2v) is 15.7. The van der Waals surface area contributed by atoms with E-state index in [2.05, 4.69) is 264 Å². The minimum Gasteiger partial charge on any atom is -0.308 e. The molecule has 0 radical (unpaired) electrons. The molecular formula is C60H42N2. The van der Waals surface area contributed by atoms with Gasteiger partial charge in [-0.25, -0.2) is 0 Å². The molecule has 2 heteroatoms. The molecule has 11 rings (SSSR count). The van der Waals surface area contributed by atoms with Crippen LogP contribution in [-0.2, 0) is 0 Å². The van der Waals surface area contributed by atoms with Crippen LogP contribution in [0.1, 0.15) is 0 Å². The minimum atomic E-state index is 1.06. The van der Waals surface area contributed by atoms with Crippen LogP contribution < -0.4 is 4.90 Å². The zero-order chi connectivity index (χ0) is 41.2. The summed E-state index contributed by atoms with van der Waals surface area (Å²) in [6, 6.07) is 92.2. The Labute approximate surface area is 362 Å². The maximum Gasteiger partial charge on any atom is 0.0702 e. The Morgan fingerprint density at radius 2 is 0.710 bits per heavy atom. The third-order valence-electron chi connectivity index (χ3n) is 12.0. The van der Waals surface area contributed by atoms with Gasteiger partial charge in [-0.3, -0.25) is 0 Å². The number of aromatic nitrogens is 1. The van der Waals surface area contributed by atoms with Gasteiger partial charge < -0.3 is 9.47 Å². The summed E-state index contributed by atoms with van der Waals surface area (Å²) in [5, 5.41) is 2.46. The number of hydrogen-bond donors (Lipinski definition) is 0. The fourth-order valence-electron chi connectivity index (χ4n) is 9.18. The van der Waals surface area contributed by atoms with Crippen LogP contribution >= 0.6 is 0 Å². The van der Waals surface area contributed by atoms with Gasteiger partial charge in [-0.05, 0) is 98.6 Å². The lowest BCUT2D eigenvalue weighted by Gasteiger charge is -2.32. The Morgan fingerprint density at radius 3 is 1.35 bits per heavy atom. The van der Waals surface area contributed by atoms with E-state index in [4.69, 9.17) is 0 Å². The number of nitrogens with zero attached hydrogens (tertiary/aromatic N) is 2. The first-order valence-corrected chi connectivity index (χ1v) is 21.3. The van der Waals surface area contributed by atoms with Crippen molar-refractivity contribution in [3.63, 3.8) is 0 Å². The summed E-state index contributed by atoms with van der Waals surface area (Å²) in [6.07, 6.45) is 0. The van der Waals surface area contributed by atoms with E-state index in [0.29, 0.717) is 0 Å². The van der Waals surface area contributed by atoms with Gasteiger partial charge in [0.2, 0.25) is 0 Å². The van der Waals surface area contributed by atoms with Gasteiger partial charge in [0.25, 0.3) is 0 Å². The normalized spacial score (nSPS) is 11.2. The molecule has 0 aliphatic carbocycles. The highest BCUT2D eigenvalue weighted by Crippen LogP contribution is 2.50. The quantitative estimate of drug-likeness (QED) is 0.141. The number of hydrogen-bond acceptors (Lipinski definition) is 1. The number of rotatable bonds is 9. The average molecular weight is 791 g/mol. The molecule has 292 valence electrons. The Bertz CT molecular complexity index is 3280. The molecule has 0 bridgehead atoms. The first-order valence-electron chi connectivity index (χ1n) is 21.3. The minimum absolute atomic E-state index is 1.06. The van der Waals surface area contributed by atoms with E-state index in [1.165, 1.54) is 60.8 Å².